The molecule has 2 aromatic carbocycles. The molecule has 0 saturated heterocycles. The van der Waals surface area contributed by atoms with E-state index in [0.29, 0.717) is 23.6 Å². The zero-order valence-electron chi connectivity index (χ0n) is 17.3. The Bertz CT molecular complexity index is 1070. The lowest BCUT2D eigenvalue weighted by Crippen LogP contribution is -2.12. The topological polar surface area (TPSA) is 105 Å². The Morgan fingerprint density at radius 1 is 1.00 bits per heavy atom. The molecule has 0 radical (unpaired) electrons. The van der Waals surface area contributed by atoms with Gasteiger partial charge in [-0.3, -0.25) is 14.6 Å². The van der Waals surface area contributed by atoms with Crippen molar-refractivity contribution in [3.63, 3.8) is 0 Å². The maximum Gasteiger partial charge on any atom is 0.302 e. The van der Waals surface area contributed by atoms with Gasteiger partial charge < -0.3 is 15.4 Å². The van der Waals surface area contributed by atoms with E-state index >= 15 is 0 Å². The first-order valence-corrected chi connectivity index (χ1v) is 9.73. The van der Waals surface area contributed by atoms with Crippen LogP contribution in [-0.4, -0.2) is 30.0 Å². The van der Waals surface area contributed by atoms with E-state index in [1.54, 1.807) is 18.3 Å². The molecular weight excluding hydrogens is 394 g/mol. The molecule has 2 N–H and O–H groups in total. The molecule has 1 amide bonds. The molecular formula is C23H23N5O3. The molecule has 0 aliphatic heterocycles. The summed E-state index contributed by atoms with van der Waals surface area (Å²) in [7, 11) is 0. The number of ether oxygens (including phenoxy) is 1. The summed E-state index contributed by atoms with van der Waals surface area (Å²) in [4.78, 5) is 26.8. The smallest absolute Gasteiger partial charge is 0.302 e. The van der Waals surface area contributed by atoms with Gasteiger partial charge in [0.05, 0.1) is 17.1 Å². The van der Waals surface area contributed by atoms with Crippen LogP contribution in [0.4, 0.5) is 22.7 Å². The zero-order chi connectivity index (χ0) is 22.1. The van der Waals surface area contributed by atoms with Crippen LogP contribution in [-0.2, 0) is 14.3 Å². The first kappa shape index (κ1) is 21.6. The summed E-state index contributed by atoms with van der Waals surface area (Å²) in [6.45, 7) is 3.49. The normalized spacial score (nSPS) is 10.6. The van der Waals surface area contributed by atoms with Crippen LogP contribution < -0.4 is 10.6 Å². The van der Waals surface area contributed by atoms with E-state index in [9.17, 15) is 9.59 Å². The highest BCUT2D eigenvalue weighted by Crippen LogP contribution is 2.30. The Hall–Kier alpha value is -4.07. The van der Waals surface area contributed by atoms with Crippen LogP contribution >= 0.6 is 0 Å². The van der Waals surface area contributed by atoms with Gasteiger partial charge in [0, 0.05) is 37.8 Å². The lowest BCUT2D eigenvalue weighted by atomic mass is 10.1. The number of benzene rings is 2. The molecule has 0 aliphatic carbocycles. The van der Waals surface area contributed by atoms with Crippen molar-refractivity contribution in [3.05, 3.63) is 66.9 Å². The molecule has 0 spiro atoms. The maximum atomic E-state index is 11.6. The number of esters is 1. The number of hydrogen-bond donors (Lipinski definition) is 2. The average Bonchev–Trinajstić information content (AvgIpc) is 2.76. The summed E-state index contributed by atoms with van der Waals surface area (Å²) in [5.41, 5.74) is 4.36. The van der Waals surface area contributed by atoms with Gasteiger partial charge in [-0.05, 0) is 42.5 Å². The minimum absolute atomic E-state index is 0.215. The van der Waals surface area contributed by atoms with Crippen LogP contribution in [0, 0.1) is 0 Å². The van der Waals surface area contributed by atoms with Crippen LogP contribution in [0.3, 0.4) is 0 Å². The fourth-order valence-corrected chi connectivity index (χ4v) is 2.76. The van der Waals surface area contributed by atoms with Gasteiger partial charge in [-0.2, -0.15) is 5.11 Å². The van der Waals surface area contributed by atoms with Gasteiger partial charge in [0.1, 0.15) is 12.3 Å². The molecule has 0 fully saturated rings. The number of azo groups is 1. The molecule has 3 rings (SSSR count). The third-order valence-electron chi connectivity index (χ3n) is 4.14. The van der Waals surface area contributed by atoms with Crippen molar-refractivity contribution >= 4 is 34.6 Å². The molecule has 0 bridgehead atoms. The van der Waals surface area contributed by atoms with Gasteiger partial charge in [-0.15, -0.1) is 5.11 Å². The molecule has 0 aliphatic rings. The second-order valence-corrected chi connectivity index (χ2v) is 6.64. The van der Waals surface area contributed by atoms with Crippen molar-refractivity contribution in [2.45, 2.75) is 13.8 Å². The fourth-order valence-electron chi connectivity index (χ4n) is 2.76. The van der Waals surface area contributed by atoms with E-state index in [2.05, 4.69) is 25.8 Å². The van der Waals surface area contributed by atoms with Gasteiger partial charge in [0.25, 0.3) is 0 Å². The maximum absolute atomic E-state index is 11.6. The van der Waals surface area contributed by atoms with E-state index in [-0.39, 0.29) is 18.5 Å². The van der Waals surface area contributed by atoms with Crippen molar-refractivity contribution in [2.75, 3.05) is 23.8 Å². The summed E-state index contributed by atoms with van der Waals surface area (Å²) in [6.07, 6.45) is 1.75. The van der Waals surface area contributed by atoms with Crippen LogP contribution in [0.25, 0.3) is 11.3 Å². The first-order chi connectivity index (χ1) is 15.0. The third-order valence-corrected chi connectivity index (χ3v) is 4.14. The predicted molar refractivity (Wildman–Crippen MR) is 120 cm³/mol. The molecule has 0 saturated carbocycles. The number of carbonyl (C=O) groups excluding carboxylic acids is 2. The van der Waals surface area contributed by atoms with Crippen molar-refractivity contribution in [3.8, 4) is 11.3 Å². The van der Waals surface area contributed by atoms with Gasteiger partial charge in [0.15, 0.2) is 0 Å². The van der Waals surface area contributed by atoms with Crippen LogP contribution in [0.1, 0.15) is 13.8 Å². The SMILES string of the molecule is CC(=O)Nc1cc(NCCOC(C)=O)ccc1N=Nc1ccc(-c2ccccn2)cc1. The number of pyridine rings is 1. The Morgan fingerprint density at radius 2 is 1.81 bits per heavy atom. The van der Waals surface area contributed by atoms with Crippen molar-refractivity contribution in [1.29, 1.82) is 0 Å². The third kappa shape index (κ3) is 6.74. The van der Waals surface area contributed by atoms with Crippen LogP contribution in [0.2, 0.25) is 0 Å². The number of nitrogens with one attached hydrogen (secondary N) is 2. The lowest BCUT2D eigenvalue weighted by Gasteiger charge is -2.11. The largest absolute Gasteiger partial charge is 0.464 e. The Kier molecular flexibility index (Phi) is 7.42. The van der Waals surface area contributed by atoms with Crippen LogP contribution in [0.5, 0.6) is 0 Å². The Morgan fingerprint density at radius 3 is 2.48 bits per heavy atom. The monoisotopic (exact) mass is 417 g/mol. The van der Waals surface area contributed by atoms with Crippen molar-refractivity contribution < 1.29 is 14.3 Å². The van der Waals surface area contributed by atoms with Gasteiger partial charge in [-0.25, -0.2) is 0 Å². The second-order valence-electron chi connectivity index (χ2n) is 6.64. The lowest BCUT2D eigenvalue weighted by molar-refractivity contribution is -0.140. The average molecular weight is 417 g/mol. The summed E-state index contributed by atoms with van der Waals surface area (Å²) in [6, 6.07) is 18.7. The quantitative estimate of drug-likeness (QED) is 0.301. The van der Waals surface area contributed by atoms with E-state index in [0.717, 1.165) is 16.9 Å². The number of amides is 1. The molecule has 0 unspecified atom stereocenters. The van der Waals surface area contributed by atoms with E-state index < -0.39 is 0 Å². The molecule has 1 heterocycles. The molecule has 31 heavy (non-hydrogen) atoms. The first-order valence-electron chi connectivity index (χ1n) is 9.73. The van der Waals surface area contributed by atoms with E-state index in [1.165, 1.54) is 13.8 Å². The number of nitrogens with zero attached hydrogens (tertiary/aromatic N) is 3. The molecule has 0 atom stereocenters. The van der Waals surface area contributed by atoms with E-state index in [1.807, 2.05) is 48.5 Å². The number of anilines is 2. The fraction of sp³-hybridized carbons (Fsp3) is 0.174. The summed E-state index contributed by atoms with van der Waals surface area (Å²) in [5, 5.41) is 14.5. The molecule has 158 valence electrons. The molecule has 8 heteroatoms. The van der Waals surface area contributed by atoms with Crippen LogP contribution in [0.15, 0.2) is 77.1 Å². The summed E-state index contributed by atoms with van der Waals surface area (Å²) < 4.78 is 4.90. The minimum Gasteiger partial charge on any atom is -0.464 e. The molecule has 1 aromatic heterocycles. The zero-order valence-corrected chi connectivity index (χ0v) is 17.3. The standard InChI is InChI=1S/C23H23N5O3/c1-16(29)26-23-15-20(24-13-14-31-17(2)30)10-11-22(23)28-27-19-8-6-18(7-9-19)21-5-3-4-12-25-21/h3-12,15,24H,13-14H2,1-2H3,(H,26,29). The predicted octanol–water partition coefficient (Wildman–Crippen LogP) is 5.10. The van der Waals surface area contributed by atoms with E-state index in [4.69, 9.17) is 4.74 Å². The Labute approximate surface area is 180 Å². The van der Waals surface area contributed by atoms with Gasteiger partial charge in [0.2, 0.25) is 5.91 Å². The minimum atomic E-state index is -0.329. The van der Waals surface area contributed by atoms with Crippen molar-refractivity contribution in [1.82, 2.24) is 4.98 Å². The van der Waals surface area contributed by atoms with Gasteiger partial charge in [-0.1, -0.05) is 18.2 Å². The summed E-state index contributed by atoms with van der Waals surface area (Å²) >= 11 is 0. The summed E-state index contributed by atoms with van der Waals surface area (Å²) in [5.74, 6) is -0.544. The molecule has 8 nitrogen and oxygen atoms in total. The van der Waals surface area contributed by atoms with Crippen molar-refractivity contribution in [2.24, 2.45) is 10.2 Å². The number of carbonyl (C=O) groups is 2. The molecule has 3 aromatic rings. The highest BCUT2D eigenvalue weighted by molar-refractivity contribution is 5.92. The number of rotatable bonds is 8. The highest BCUT2D eigenvalue weighted by atomic mass is 16.5. The second kappa shape index (κ2) is 10.6. The Balaban J connectivity index is 1.72. The number of aromatic nitrogens is 1. The number of hydrogen-bond acceptors (Lipinski definition) is 7. The van der Waals surface area contributed by atoms with Gasteiger partial charge >= 0.3 is 5.97 Å². The highest BCUT2D eigenvalue weighted by Gasteiger charge is 2.06.